The standard InChI is InChI=1S/C18H22ClFN4/c1-10(11-4-5-11)23-18-17(21)12(6-7-22-18)13-8-15(20)16(24(2)3)9-14(13)19/h6-11H,4-5,21H2,1-3H3,(H,22,23)/t10-/m1/s1. The Morgan fingerprint density at radius 1 is 1.33 bits per heavy atom. The van der Waals surface area contributed by atoms with Crippen LogP contribution in [-0.4, -0.2) is 25.1 Å². The number of hydrogen-bond donors (Lipinski definition) is 2. The van der Waals surface area contributed by atoms with Crippen molar-refractivity contribution in [3.63, 3.8) is 0 Å². The molecular formula is C18H22ClFN4. The molecule has 6 heteroatoms. The predicted octanol–water partition coefficient (Wildman–Crippen LogP) is 4.40. The lowest BCUT2D eigenvalue weighted by Crippen LogP contribution is -2.19. The number of rotatable bonds is 5. The van der Waals surface area contributed by atoms with Gasteiger partial charge in [-0.25, -0.2) is 9.37 Å². The van der Waals surface area contributed by atoms with E-state index in [0.717, 1.165) is 0 Å². The molecule has 1 fully saturated rings. The summed E-state index contributed by atoms with van der Waals surface area (Å²) in [5.74, 6) is 0.965. The van der Waals surface area contributed by atoms with Crippen LogP contribution >= 0.6 is 11.6 Å². The maximum absolute atomic E-state index is 14.4. The van der Waals surface area contributed by atoms with Gasteiger partial charge in [0.1, 0.15) is 11.6 Å². The average Bonchev–Trinajstić information content (AvgIpc) is 3.36. The van der Waals surface area contributed by atoms with Crippen LogP contribution in [0.4, 0.5) is 21.6 Å². The van der Waals surface area contributed by atoms with Gasteiger partial charge in [0.2, 0.25) is 0 Å². The Labute approximate surface area is 146 Å². The molecule has 1 aromatic heterocycles. The summed E-state index contributed by atoms with van der Waals surface area (Å²) in [6, 6.07) is 5.13. The highest BCUT2D eigenvalue weighted by Gasteiger charge is 2.28. The molecule has 3 N–H and O–H groups in total. The van der Waals surface area contributed by atoms with Gasteiger partial charge < -0.3 is 16.0 Å². The van der Waals surface area contributed by atoms with Gasteiger partial charge in [-0.3, -0.25) is 0 Å². The molecule has 3 rings (SSSR count). The van der Waals surface area contributed by atoms with E-state index in [4.69, 9.17) is 17.3 Å². The molecule has 0 saturated heterocycles. The van der Waals surface area contributed by atoms with E-state index in [1.807, 2.05) is 0 Å². The second kappa shape index (κ2) is 6.48. The van der Waals surface area contributed by atoms with E-state index in [1.165, 1.54) is 18.9 Å². The molecule has 0 radical (unpaired) electrons. The molecule has 0 aliphatic heterocycles. The van der Waals surface area contributed by atoms with Crippen LogP contribution in [0.25, 0.3) is 11.1 Å². The minimum Gasteiger partial charge on any atom is -0.395 e. The summed E-state index contributed by atoms with van der Waals surface area (Å²) in [6.45, 7) is 2.13. The molecule has 1 saturated carbocycles. The molecule has 0 unspecified atom stereocenters. The Morgan fingerprint density at radius 2 is 2.04 bits per heavy atom. The normalized spacial score (nSPS) is 15.2. The summed E-state index contributed by atoms with van der Waals surface area (Å²) < 4.78 is 14.4. The maximum Gasteiger partial charge on any atom is 0.150 e. The number of nitrogens with one attached hydrogen (secondary N) is 1. The van der Waals surface area contributed by atoms with Crippen LogP contribution in [0.1, 0.15) is 19.8 Å². The topological polar surface area (TPSA) is 54.2 Å². The second-order valence-electron chi connectivity index (χ2n) is 6.57. The first kappa shape index (κ1) is 16.8. The molecule has 1 aliphatic rings. The van der Waals surface area contributed by atoms with Crippen LogP contribution in [-0.2, 0) is 0 Å². The summed E-state index contributed by atoms with van der Waals surface area (Å²) in [5, 5.41) is 3.82. The number of pyridine rings is 1. The highest BCUT2D eigenvalue weighted by atomic mass is 35.5. The highest BCUT2D eigenvalue weighted by molar-refractivity contribution is 6.33. The quantitative estimate of drug-likeness (QED) is 0.840. The minimum atomic E-state index is -0.337. The van der Waals surface area contributed by atoms with E-state index in [-0.39, 0.29) is 5.82 Å². The monoisotopic (exact) mass is 348 g/mol. The van der Waals surface area contributed by atoms with Crippen LogP contribution in [0, 0.1) is 11.7 Å². The lowest BCUT2D eigenvalue weighted by Gasteiger charge is -2.19. The van der Waals surface area contributed by atoms with E-state index < -0.39 is 0 Å². The zero-order valence-corrected chi connectivity index (χ0v) is 14.9. The number of hydrogen-bond acceptors (Lipinski definition) is 4. The van der Waals surface area contributed by atoms with Crippen LogP contribution in [0.3, 0.4) is 0 Å². The van der Waals surface area contributed by atoms with Gasteiger partial charge in [-0.05, 0) is 43.9 Å². The fourth-order valence-electron chi connectivity index (χ4n) is 2.84. The fraction of sp³-hybridized carbons (Fsp3) is 0.389. The van der Waals surface area contributed by atoms with Crippen molar-refractivity contribution >= 4 is 28.8 Å². The first-order valence-corrected chi connectivity index (χ1v) is 8.44. The largest absolute Gasteiger partial charge is 0.395 e. The van der Waals surface area contributed by atoms with E-state index in [0.29, 0.717) is 45.3 Å². The van der Waals surface area contributed by atoms with Gasteiger partial charge in [0.05, 0.1) is 16.4 Å². The molecule has 1 aliphatic carbocycles. The minimum absolute atomic E-state index is 0.318. The molecular weight excluding hydrogens is 327 g/mol. The van der Waals surface area contributed by atoms with Gasteiger partial charge in [-0.15, -0.1) is 0 Å². The lowest BCUT2D eigenvalue weighted by molar-refractivity contribution is 0.626. The Kier molecular flexibility index (Phi) is 4.54. The zero-order chi connectivity index (χ0) is 17.4. The lowest BCUT2D eigenvalue weighted by atomic mass is 10.0. The summed E-state index contributed by atoms with van der Waals surface area (Å²) in [4.78, 5) is 6.02. The third-order valence-corrected chi connectivity index (χ3v) is 4.80. The molecule has 1 atom stereocenters. The average molecular weight is 349 g/mol. The smallest absolute Gasteiger partial charge is 0.150 e. The van der Waals surface area contributed by atoms with E-state index in [1.54, 1.807) is 37.3 Å². The number of aromatic nitrogens is 1. The van der Waals surface area contributed by atoms with Crippen molar-refractivity contribution in [3.8, 4) is 11.1 Å². The first-order valence-electron chi connectivity index (χ1n) is 8.06. The molecule has 0 bridgehead atoms. The van der Waals surface area contributed by atoms with Crippen molar-refractivity contribution in [1.82, 2.24) is 4.98 Å². The number of anilines is 3. The van der Waals surface area contributed by atoms with Crippen molar-refractivity contribution in [2.45, 2.75) is 25.8 Å². The highest BCUT2D eigenvalue weighted by Crippen LogP contribution is 2.39. The van der Waals surface area contributed by atoms with Gasteiger partial charge in [-0.1, -0.05) is 11.6 Å². The molecule has 128 valence electrons. The van der Waals surface area contributed by atoms with Gasteiger partial charge in [0, 0.05) is 37.5 Å². The zero-order valence-electron chi connectivity index (χ0n) is 14.1. The van der Waals surface area contributed by atoms with Crippen LogP contribution < -0.4 is 16.0 Å². The van der Waals surface area contributed by atoms with Gasteiger partial charge >= 0.3 is 0 Å². The summed E-state index contributed by atoms with van der Waals surface area (Å²) in [7, 11) is 3.55. The Bertz CT molecular complexity index is 759. The van der Waals surface area contributed by atoms with E-state index in [9.17, 15) is 4.39 Å². The van der Waals surface area contributed by atoms with Gasteiger partial charge in [-0.2, -0.15) is 0 Å². The Balaban J connectivity index is 1.99. The Morgan fingerprint density at radius 3 is 2.67 bits per heavy atom. The molecule has 0 spiro atoms. The van der Waals surface area contributed by atoms with Gasteiger partial charge in [0.25, 0.3) is 0 Å². The van der Waals surface area contributed by atoms with Crippen molar-refractivity contribution in [1.29, 1.82) is 0 Å². The molecule has 4 nitrogen and oxygen atoms in total. The first-order chi connectivity index (χ1) is 11.4. The van der Waals surface area contributed by atoms with Gasteiger partial charge in [0.15, 0.2) is 0 Å². The number of nitrogens with two attached hydrogens (primary N) is 1. The summed E-state index contributed by atoms with van der Waals surface area (Å²) >= 11 is 6.38. The van der Waals surface area contributed by atoms with Crippen molar-refractivity contribution in [3.05, 3.63) is 35.2 Å². The van der Waals surface area contributed by atoms with Crippen molar-refractivity contribution < 1.29 is 4.39 Å². The molecule has 2 aromatic rings. The van der Waals surface area contributed by atoms with Crippen LogP contribution in [0.5, 0.6) is 0 Å². The predicted molar refractivity (Wildman–Crippen MR) is 99.2 cm³/mol. The number of nitrogens with zero attached hydrogens (tertiary/aromatic N) is 2. The third kappa shape index (κ3) is 3.26. The second-order valence-corrected chi connectivity index (χ2v) is 6.98. The number of halogens is 2. The third-order valence-electron chi connectivity index (χ3n) is 4.49. The van der Waals surface area contributed by atoms with Crippen molar-refractivity contribution in [2.24, 2.45) is 5.92 Å². The SMILES string of the molecule is C[C@@H](Nc1nccc(-c2cc(F)c(N(C)C)cc2Cl)c1N)C1CC1. The number of nitrogen functional groups attached to an aromatic ring is 1. The van der Waals surface area contributed by atoms with Crippen molar-refractivity contribution in [2.75, 3.05) is 30.0 Å². The van der Waals surface area contributed by atoms with Crippen LogP contribution in [0.2, 0.25) is 5.02 Å². The summed E-state index contributed by atoms with van der Waals surface area (Å²) in [6.07, 6.45) is 4.13. The molecule has 1 aromatic carbocycles. The fourth-order valence-corrected chi connectivity index (χ4v) is 3.10. The van der Waals surface area contributed by atoms with Crippen LogP contribution in [0.15, 0.2) is 24.4 Å². The number of benzene rings is 1. The molecule has 24 heavy (non-hydrogen) atoms. The molecule has 1 heterocycles. The van der Waals surface area contributed by atoms with E-state index >= 15 is 0 Å². The molecule has 0 amide bonds. The maximum atomic E-state index is 14.4. The Hall–Kier alpha value is -2.01. The summed E-state index contributed by atoms with van der Waals surface area (Å²) in [5.41, 5.74) is 8.47. The van der Waals surface area contributed by atoms with E-state index in [2.05, 4.69) is 17.2 Å².